The van der Waals surface area contributed by atoms with Crippen LogP contribution in [-0.4, -0.2) is 51.3 Å². The van der Waals surface area contributed by atoms with Crippen molar-refractivity contribution in [1.82, 2.24) is 10.2 Å². The van der Waals surface area contributed by atoms with E-state index in [4.69, 9.17) is 4.74 Å². The third-order valence-corrected chi connectivity index (χ3v) is 3.56. The summed E-state index contributed by atoms with van der Waals surface area (Å²) in [4.78, 5) is 2.53. The van der Waals surface area contributed by atoms with Crippen LogP contribution >= 0.6 is 0 Å². The van der Waals surface area contributed by atoms with E-state index in [1.165, 1.54) is 19.4 Å². The minimum atomic E-state index is 0.443. The second-order valence-electron chi connectivity index (χ2n) is 4.60. The van der Waals surface area contributed by atoms with Crippen LogP contribution in [0.15, 0.2) is 0 Å². The third-order valence-electron chi connectivity index (χ3n) is 3.56. The summed E-state index contributed by atoms with van der Waals surface area (Å²) >= 11 is 0. The molecule has 1 aliphatic heterocycles. The van der Waals surface area contributed by atoms with Gasteiger partial charge in [-0.3, -0.25) is 0 Å². The standard InChI is InChI=1S/C12H26N2O/c1-4-14(5-2)11-12(10-13-3)6-8-15-9-7-12/h13H,4-11H2,1-3H3. The molecule has 0 radical (unpaired) electrons. The maximum atomic E-state index is 5.47. The molecular formula is C12H26N2O. The highest BCUT2D eigenvalue weighted by Gasteiger charge is 2.33. The van der Waals surface area contributed by atoms with Crippen molar-refractivity contribution in [2.24, 2.45) is 5.41 Å². The second-order valence-corrected chi connectivity index (χ2v) is 4.60. The van der Waals surface area contributed by atoms with Crippen molar-refractivity contribution in [3.63, 3.8) is 0 Å². The monoisotopic (exact) mass is 214 g/mol. The molecule has 3 nitrogen and oxygen atoms in total. The molecule has 0 aromatic carbocycles. The first-order valence-electron chi connectivity index (χ1n) is 6.21. The summed E-state index contributed by atoms with van der Waals surface area (Å²) in [6, 6.07) is 0. The van der Waals surface area contributed by atoms with Gasteiger partial charge >= 0.3 is 0 Å². The fourth-order valence-electron chi connectivity index (χ4n) is 2.49. The van der Waals surface area contributed by atoms with E-state index in [0.29, 0.717) is 5.41 Å². The van der Waals surface area contributed by atoms with Crippen LogP contribution in [0.5, 0.6) is 0 Å². The molecule has 0 aliphatic carbocycles. The lowest BCUT2D eigenvalue weighted by atomic mass is 9.79. The fourth-order valence-corrected chi connectivity index (χ4v) is 2.49. The number of hydrogen-bond donors (Lipinski definition) is 1. The van der Waals surface area contributed by atoms with Gasteiger partial charge in [0.25, 0.3) is 0 Å². The van der Waals surface area contributed by atoms with E-state index in [1.807, 2.05) is 0 Å². The Balaban J connectivity index is 2.54. The Morgan fingerprint density at radius 2 is 1.80 bits per heavy atom. The van der Waals surface area contributed by atoms with Gasteiger partial charge in [0.1, 0.15) is 0 Å². The molecule has 0 spiro atoms. The van der Waals surface area contributed by atoms with E-state index in [2.05, 4.69) is 31.1 Å². The van der Waals surface area contributed by atoms with E-state index in [0.717, 1.165) is 32.8 Å². The molecule has 0 saturated carbocycles. The Bertz CT molecular complexity index is 157. The SMILES string of the molecule is CCN(CC)CC1(CNC)CCOCC1. The zero-order chi connectivity index (χ0) is 11.1. The Labute approximate surface area is 94.2 Å². The highest BCUT2D eigenvalue weighted by Crippen LogP contribution is 2.30. The minimum Gasteiger partial charge on any atom is -0.381 e. The summed E-state index contributed by atoms with van der Waals surface area (Å²) in [5.74, 6) is 0. The van der Waals surface area contributed by atoms with Crippen molar-refractivity contribution in [2.75, 3.05) is 46.4 Å². The average molecular weight is 214 g/mol. The summed E-state index contributed by atoms with van der Waals surface area (Å²) in [5, 5.41) is 3.35. The lowest BCUT2D eigenvalue weighted by Crippen LogP contribution is -2.46. The van der Waals surface area contributed by atoms with Crippen LogP contribution < -0.4 is 5.32 Å². The zero-order valence-electron chi connectivity index (χ0n) is 10.5. The first-order valence-corrected chi connectivity index (χ1v) is 6.21. The molecule has 15 heavy (non-hydrogen) atoms. The van der Waals surface area contributed by atoms with Crippen molar-refractivity contribution in [2.45, 2.75) is 26.7 Å². The molecule has 1 heterocycles. The van der Waals surface area contributed by atoms with E-state index in [-0.39, 0.29) is 0 Å². The fraction of sp³-hybridized carbons (Fsp3) is 1.00. The van der Waals surface area contributed by atoms with Gasteiger partial charge in [-0.1, -0.05) is 13.8 Å². The minimum absolute atomic E-state index is 0.443. The number of hydrogen-bond acceptors (Lipinski definition) is 3. The van der Waals surface area contributed by atoms with Crippen LogP contribution in [-0.2, 0) is 4.74 Å². The number of nitrogens with zero attached hydrogens (tertiary/aromatic N) is 1. The van der Waals surface area contributed by atoms with Crippen LogP contribution in [0.3, 0.4) is 0 Å². The van der Waals surface area contributed by atoms with E-state index in [9.17, 15) is 0 Å². The molecule has 3 heteroatoms. The Morgan fingerprint density at radius 3 is 2.27 bits per heavy atom. The van der Waals surface area contributed by atoms with Crippen LogP contribution in [0.2, 0.25) is 0 Å². The van der Waals surface area contributed by atoms with E-state index in [1.54, 1.807) is 0 Å². The molecule has 1 fully saturated rings. The van der Waals surface area contributed by atoms with Crippen molar-refractivity contribution in [3.8, 4) is 0 Å². The van der Waals surface area contributed by atoms with Gasteiger partial charge in [0, 0.05) is 26.3 Å². The van der Waals surface area contributed by atoms with Crippen molar-refractivity contribution < 1.29 is 4.74 Å². The number of rotatable bonds is 6. The predicted molar refractivity (Wildman–Crippen MR) is 64.2 cm³/mol. The normalized spacial score (nSPS) is 20.8. The van der Waals surface area contributed by atoms with Gasteiger partial charge < -0.3 is 15.0 Å². The van der Waals surface area contributed by atoms with Crippen molar-refractivity contribution >= 4 is 0 Å². The highest BCUT2D eigenvalue weighted by atomic mass is 16.5. The molecule has 0 aromatic rings. The molecule has 0 bridgehead atoms. The van der Waals surface area contributed by atoms with Crippen molar-refractivity contribution in [1.29, 1.82) is 0 Å². The molecule has 0 aromatic heterocycles. The van der Waals surface area contributed by atoms with Crippen LogP contribution in [0, 0.1) is 5.41 Å². The Morgan fingerprint density at radius 1 is 1.20 bits per heavy atom. The summed E-state index contributed by atoms with van der Waals surface area (Å²) < 4.78 is 5.47. The van der Waals surface area contributed by atoms with Gasteiger partial charge in [0.2, 0.25) is 0 Å². The Hall–Kier alpha value is -0.120. The molecule has 0 atom stereocenters. The van der Waals surface area contributed by atoms with Gasteiger partial charge in [-0.15, -0.1) is 0 Å². The second kappa shape index (κ2) is 6.46. The predicted octanol–water partition coefficient (Wildman–Crippen LogP) is 1.34. The molecular weight excluding hydrogens is 188 g/mol. The summed E-state index contributed by atoms with van der Waals surface area (Å²) in [6.45, 7) is 11.0. The summed E-state index contributed by atoms with van der Waals surface area (Å²) in [7, 11) is 2.06. The zero-order valence-corrected chi connectivity index (χ0v) is 10.5. The van der Waals surface area contributed by atoms with Gasteiger partial charge in [-0.05, 0) is 38.4 Å². The highest BCUT2D eigenvalue weighted by molar-refractivity contribution is 4.86. The topological polar surface area (TPSA) is 24.5 Å². The summed E-state index contributed by atoms with van der Waals surface area (Å²) in [5.41, 5.74) is 0.443. The van der Waals surface area contributed by atoms with E-state index >= 15 is 0 Å². The van der Waals surface area contributed by atoms with Crippen LogP contribution in [0.1, 0.15) is 26.7 Å². The van der Waals surface area contributed by atoms with Crippen LogP contribution in [0.25, 0.3) is 0 Å². The van der Waals surface area contributed by atoms with Crippen molar-refractivity contribution in [3.05, 3.63) is 0 Å². The first kappa shape index (κ1) is 12.9. The largest absolute Gasteiger partial charge is 0.381 e. The van der Waals surface area contributed by atoms with Gasteiger partial charge in [-0.25, -0.2) is 0 Å². The molecule has 0 amide bonds. The van der Waals surface area contributed by atoms with Gasteiger partial charge in [0.05, 0.1) is 0 Å². The molecule has 1 aliphatic rings. The lowest BCUT2D eigenvalue weighted by Gasteiger charge is -2.40. The molecule has 1 N–H and O–H groups in total. The van der Waals surface area contributed by atoms with Crippen LogP contribution in [0.4, 0.5) is 0 Å². The van der Waals surface area contributed by atoms with Gasteiger partial charge in [0.15, 0.2) is 0 Å². The molecule has 0 unspecified atom stereocenters. The molecule has 1 saturated heterocycles. The maximum Gasteiger partial charge on any atom is 0.0472 e. The van der Waals surface area contributed by atoms with E-state index < -0.39 is 0 Å². The molecule has 1 rings (SSSR count). The average Bonchev–Trinajstić information content (AvgIpc) is 2.28. The van der Waals surface area contributed by atoms with Gasteiger partial charge in [-0.2, -0.15) is 0 Å². The summed E-state index contributed by atoms with van der Waals surface area (Å²) in [6.07, 6.45) is 2.40. The quantitative estimate of drug-likeness (QED) is 0.722. The first-order chi connectivity index (χ1) is 7.26. The number of ether oxygens (including phenoxy) is 1. The lowest BCUT2D eigenvalue weighted by molar-refractivity contribution is -0.00201. The molecule has 90 valence electrons. The third kappa shape index (κ3) is 3.74. The number of nitrogens with one attached hydrogen (secondary N) is 1. The Kier molecular flexibility index (Phi) is 5.58. The maximum absolute atomic E-state index is 5.47. The smallest absolute Gasteiger partial charge is 0.0472 e.